The molecule has 0 unspecified atom stereocenters. The van der Waals surface area contributed by atoms with Crippen LogP contribution in [0.15, 0.2) is 39.1 Å². The number of rotatable bonds is 8. The van der Waals surface area contributed by atoms with Gasteiger partial charge in [-0.1, -0.05) is 11.2 Å². The summed E-state index contributed by atoms with van der Waals surface area (Å²) in [6.07, 6.45) is 0.526. The highest BCUT2D eigenvalue weighted by atomic mass is 32.2. The van der Waals surface area contributed by atoms with Crippen molar-refractivity contribution in [2.24, 2.45) is 0 Å². The number of aromatic nitrogens is 1. The van der Waals surface area contributed by atoms with E-state index >= 15 is 0 Å². The number of nitrogens with one attached hydrogen (secondary N) is 1. The molecule has 150 valence electrons. The first kappa shape index (κ1) is 20.4. The maximum Gasteiger partial charge on any atom is 0.250 e. The van der Waals surface area contributed by atoms with Crippen molar-refractivity contribution in [2.45, 2.75) is 24.5 Å². The average molecular weight is 423 g/mol. The Balaban J connectivity index is 1.67. The Labute approximate surface area is 168 Å². The summed E-state index contributed by atoms with van der Waals surface area (Å²) >= 11 is 1.16. The Morgan fingerprint density at radius 1 is 1.11 bits per heavy atom. The second-order valence-electron chi connectivity index (χ2n) is 6.18. The van der Waals surface area contributed by atoms with Crippen molar-refractivity contribution in [3.8, 4) is 22.1 Å². The van der Waals surface area contributed by atoms with E-state index in [0.717, 1.165) is 33.0 Å². The predicted molar refractivity (Wildman–Crippen MR) is 108 cm³/mol. The Morgan fingerprint density at radius 3 is 2.50 bits per heavy atom. The maximum atomic E-state index is 12.6. The highest BCUT2D eigenvalue weighted by Crippen LogP contribution is 2.33. The third-order valence-electron chi connectivity index (χ3n) is 4.38. The monoisotopic (exact) mass is 422 g/mol. The SMILES string of the molecule is COc1ccc(CCNS(=O)(=O)c2ccc(-c3onc(C)c3C)s2)cc1OC. The fourth-order valence-corrected chi connectivity index (χ4v) is 5.09. The summed E-state index contributed by atoms with van der Waals surface area (Å²) in [5, 5.41) is 3.92. The first-order chi connectivity index (χ1) is 13.4. The number of methoxy groups -OCH3 is 2. The summed E-state index contributed by atoms with van der Waals surface area (Å²) in [6.45, 7) is 4.02. The molecule has 0 aliphatic rings. The summed E-state index contributed by atoms with van der Waals surface area (Å²) < 4.78 is 43.8. The van der Waals surface area contributed by atoms with Gasteiger partial charge in [0.15, 0.2) is 17.3 Å². The largest absolute Gasteiger partial charge is 0.493 e. The minimum absolute atomic E-state index is 0.239. The highest BCUT2D eigenvalue weighted by Gasteiger charge is 2.20. The number of aryl methyl sites for hydroxylation is 1. The summed E-state index contributed by atoms with van der Waals surface area (Å²) in [4.78, 5) is 0.735. The number of hydrogen-bond donors (Lipinski definition) is 1. The van der Waals surface area contributed by atoms with Gasteiger partial charge in [0.25, 0.3) is 0 Å². The zero-order valence-corrected chi connectivity index (χ0v) is 17.7. The lowest BCUT2D eigenvalue weighted by atomic mass is 10.1. The molecule has 2 heterocycles. The van der Waals surface area contributed by atoms with Gasteiger partial charge in [-0.05, 0) is 50.1 Å². The van der Waals surface area contributed by atoms with E-state index in [1.165, 1.54) is 0 Å². The Morgan fingerprint density at radius 2 is 1.86 bits per heavy atom. The van der Waals surface area contributed by atoms with E-state index in [1.807, 2.05) is 26.0 Å². The van der Waals surface area contributed by atoms with Gasteiger partial charge in [-0.25, -0.2) is 13.1 Å². The van der Waals surface area contributed by atoms with Crippen molar-refractivity contribution in [3.05, 3.63) is 47.2 Å². The third-order valence-corrected chi connectivity index (χ3v) is 7.42. The second-order valence-corrected chi connectivity index (χ2v) is 9.26. The molecule has 0 bridgehead atoms. The van der Waals surface area contributed by atoms with E-state index in [9.17, 15) is 8.42 Å². The van der Waals surface area contributed by atoms with Crippen molar-refractivity contribution < 1.29 is 22.4 Å². The van der Waals surface area contributed by atoms with E-state index < -0.39 is 10.0 Å². The second kappa shape index (κ2) is 8.34. The Bertz CT molecular complexity index is 1070. The molecular weight excluding hydrogens is 400 g/mol. The standard InChI is InChI=1S/C19H22N2O5S2/c1-12-13(2)21-26-19(12)17-7-8-18(27-17)28(22,23)20-10-9-14-5-6-15(24-3)16(11-14)25-4/h5-8,11,20H,9-10H2,1-4H3. The molecule has 3 rings (SSSR count). The van der Waals surface area contributed by atoms with Crippen molar-refractivity contribution in [1.29, 1.82) is 0 Å². The van der Waals surface area contributed by atoms with Crippen LogP contribution in [0.1, 0.15) is 16.8 Å². The quantitative estimate of drug-likeness (QED) is 0.597. The molecule has 1 N–H and O–H groups in total. The van der Waals surface area contributed by atoms with Crippen LogP contribution >= 0.6 is 11.3 Å². The number of sulfonamides is 1. The first-order valence-electron chi connectivity index (χ1n) is 8.59. The van der Waals surface area contributed by atoms with Gasteiger partial charge in [-0.15, -0.1) is 11.3 Å². The van der Waals surface area contributed by atoms with E-state index in [0.29, 0.717) is 23.7 Å². The normalized spacial score (nSPS) is 11.6. The average Bonchev–Trinajstić information content (AvgIpc) is 3.29. The van der Waals surface area contributed by atoms with Crippen LogP contribution in [0.2, 0.25) is 0 Å². The van der Waals surface area contributed by atoms with Crippen LogP contribution in [0.4, 0.5) is 0 Å². The van der Waals surface area contributed by atoms with Crippen molar-refractivity contribution in [1.82, 2.24) is 9.88 Å². The third kappa shape index (κ3) is 4.21. The lowest BCUT2D eigenvalue weighted by molar-refractivity contribution is 0.354. The van der Waals surface area contributed by atoms with Gasteiger partial charge in [-0.2, -0.15) is 0 Å². The van der Waals surface area contributed by atoms with Crippen LogP contribution in [0.25, 0.3) is 10.6 Å². The molecule has 0 amide bonds. The van der Waals surface area contributed by atoms with Crippen LogP contribution in [-0.4, -0.2) is 34.3 Å². The fourth-order valence-electron chi connectivity index (χ4n) is 2.67. The Hall–Kier alpha value is -2.36. The molecule has 0 saturated carbocycles. The zero-order valence-electron chi connectivity index (χ0n) is 16.1. The summed E-state index contributed by atoms with van der Waals surface area (Å²) in [5.74, 6) is 1.86. The number of thiophene rings is 1. The number of ether oxygens (including phenoxy) is 2. The van der Waals surface area contributed by atoms with Gasteiger partial charge in [0.1, 0.15) is 4.21 Å². The van der Waals surface area contributed by atoms with Crippen LogP contribution in [0.3, 0.4) is 0 Å². The topological polar surface area (TPSA) is 90.7 Å². The molecule has 0 aliphatic carbocycles. The number of hydrogen-bond acceptors (Lipinski definition) is 7. The van der Waals surface area contributed by atoms with Crippen molar-refractivity contribution >= 4 is 21.4 Å². The molecule has 0 saturated heterocycles. The minimum atomic E-state index is -3.60. The van der Waals surface area contributed by atoms with E-state index in [2.05, 4.69) is 9.88 Å². The predicted octanol–water partition coefficient (Wildman–Crippen LogP) is 3.56. The molecule has 0 atom stereocenters. The molecule has 0 spiro atoms. The fraction of sp³-hybridized carbons (Fsp3) is 0.316. The molecule has 9 heteroatoms. The van der Waals surface area contributed by atoms with E-state index in [-0.39, 0.29) is 10.8 Å². The zero-order chi connectivity index (χ0) is 20.3. The van der Waals surface area contributed by atoms with Crippen LogP contribution < -0.4 is 14.2 Å². The Kier molecular flexibility index (Phi) is 6.07. The molecule has 0 radical (unpaired) electrons. The van der Waals surface area contributed by atoms with Gasteiger partial charge in [0.05, 0.1) is 24.8 Å². The molecular formula is C19H22N2O5S2. The first-order valence-corrected chi connectivity index (χ1v) is 10.9. The van der Waals surface area contributed by atoms with Crippen LogP contribution in [-0.2, 0) is 16.4 Å². The lowest BCUT2D eigenvalue weighted by Gasteiger charge is -2.10. The minimum Gasteiger partial charge on any atom is -0.493 e. The molecule has 7 nitrogen and oxygen atoms in total. The number of nitrogens with zero attached hydrogens (tertiary/aromatic N) is 1. The van der Waals surface area contributed by atoms with Gasteiger partial charge in [0.2, 0.25) is 10.0 Å². The van der Waals surface area contributed by atoms with Gasteiger partial charge in [-0.3, -0.25) is 0 Å². The molecule has 1 aromatic carbocycles. The summed E-state index contributed by atoms with van der Waals surface area (Å²) in [5.41, 5.74) is 2.65. The highest BCUT2D eigenvalue weighted by molar-refractivity contribution is 7.91. The molecule has 0 fully saturated rings. The van der Waals surface area contributed by atoms with Crippen LogP contribution in [0.5, 0.6) is 11.5 Å². The van der Waals surface area contributed by atoms with Crippen molar-refractivity contribution in [3.63, 3.8) is 0 Å². The molecule has 3 aromatic rings. The van der Waals surface area contributed by atoms with E-state index in [1.54, 1.807) is 32.4 Å². The molecule has 0 aliphatic heterocycles. The van der Waals surface area contributed by atoms with Gasteiger partial charge < -0.3 is 14.0 Å². The maximum absolute atomic E-state index is 12.6. The number of benzene rings is 1. The smallest absolute Gasteiger partial charge is 0.250 e. The molecule has 2 aromatic heterocycles. The summed E-state index contributed by atoms with van der Waals surface area (Å²) in [6, 6.07) is 8.84. The van der Waals surface area contributed by atoms with Crippen LogP contribution in [0, 0.1) is 13.8 Å². The summed E-state index contributed by atoms with van der Waals surface area (Å²) in [7, 11) is -0.464. The molecule has 28 heavy (non-hydrogen) atoms. The van der Waals surface area contributed by atoms with Gasteiger partial charge >= 0.3 is 0 Å². The lowest BCUT2D eigenvalue weighted by Crippen LogP contribution is -2.25. The van der Waals surface area contributed by atoms with Gasteiger partial charge in [0, 0.05) is 12.1 Å². The van der Waals surface area contributed by atoms with E-state index in [4.69, 9.17) is 14.0 Å². The van der Waals surface area contributed by atoms with Crippen molar-refractivity contribution in [2.75, 3.05) is 20.8 Å².